The van der Waals surface area contributed by atoms with Crippen LogP contribution >= 0.6 is 0 Å². The molecule has 1 fully saturated rings. The van der Waals surface area contributed by atoms with Gasteiger partial charge in [-0.25, -0.2) is 4.68 Å². The first-order valence-corrected chi connectivity index (χ1v) is 10.9. The summed E-state index contributed by atoms with van der Waals surface area (Å²) in [6, 6.07) is 18.6. The van der Waals surface area contributed by atoms with Crippen LogP contribution in [0.1, 0.15) is 47.7 Å². The number of likely N-dealkylation sites (N-methyl/N-ethyl adjacent to an activating group) is 1. The fraction of sp³-hybridized carbons (Fsp3) is 0.320. The summed E-state index contributed by atoms with van der Waals surface area (Å²) in [6.07, 6.45) is 4.69. The van der Waals surface area contributed by atoms with Gasteiger partial charge < -0.3 is 15.0 Å². The van der Waals surface area contributed by atoms with Crippen molar-refractivity contribution in [3.8, 4) is 11.4 Å². The molecule has 0 unspecified atom stereocenters. The molecule has 1 aromatic heterocycles. The molecule has 0 bridgehead atoms. The first-order chi connectivity index (χ1) is 15.5. The number of nitrogens with one attached hydrogen (secondary N) is 1. The predicted molar refractivity (Wildman–Crippen MR) is 123 cm³/mol. The molecule has 4 rings (SSSR count). The lowest BCUT2D eigenvalue weighted by atomic mass is 10.0. The Morgan fingerprint density at radius 3 is 2.53 bits per heavy atom. The van der Waals surface area contributed by atoms with Crippen molar-refractivity contribution < 1.29 is 14.3 Å². The summed E-state index contributed by atoms with van der Waals surface area (Å²) in [4.78, 5) is 26.3. The Morgan fingerprint density at radius 1 is 1.06 bits per heavy atom. The molecule has 7 heteroatoms. The van der Waals surface area contributed by atoms with Crippen LogP contribution in [0.2, 0.25) is 0 Å². The van der Waals surface area contributed by atoms with Gasteiger partial charge >= 0.3 is 0 Å². The van der Waals surface area contributed by atoms with E-state index in [2.05, 4.69) is 5.32 Å². The number of carbonyl (C=O) groups excluding carboxylic acids is 2. The third-order valence-electron chi connectivity index (χ3n) is 5.70. The van der Waals surface area contributed by atoms with Crippen LogP contribution in [0.3, 0.4) is 0 Å². The maximum absolute atomic E-state index is 13.0. The fourth-order valence-electron chi connectivity index (χ4n) is 3.87. The number of hydrogen-bond donors (Lipinski definition) is 1. The van der Waals surface area contributed by atoms with Crippen molar-refractivity contribution in [2.45, 2.75) is 31.6 Å². The molecule has 3 aromatic rings. The van der Waals surface area contributed by atoms with Crippen molar-refractivity contribution in [3.63, 3.8) is 0 Å². The van der Waals surface area contributed by atoms with Crippen LogP contribution in [0.25, 0.3) is 5.69 Å². The van der Waals surface area contributed by atoms with Gasteiger partial charge in [-0.2, -0.15) is 5.10 Å². The van der Waals surface area contributed by atoms with Crippen LogP contribution in [-0.4, -0.2) is 47.2 Å². The largest absolute Gasteiger partial charge is 0.484 e. The number of nitrogens with zero attached hydrogens (tertiary/aromatic N) is 3. The summed E-state index contributed by atoms with van der Waals surface area (Å²) in [5.74, 6) is 1.13. The van der Waals surface area contributed by atoms with E-state index in [0.29, 0.717) is 23.0 Å². The summed E-state index contributed by atoms with van der Waals surface area (Å²) in [6.45, 7) is -0.0798. The van der Waals surface area contributed by atoms with E-state index in [1.54, 1.807) is 43.0 Å². The Hall–Kier alpha value is -3.61. The highest BCUT2D eigenvalue weighted by atomic mass is 16.5. The predicted octanol–water partition coefficient (Wildman–Crippen LogP) is 4.25. The number of carbonyl (C=O) groups is 2. The SMILES string of the molecule is CN(C)C(=O)COc1cccc(C(=O)Nc2cc(C3CCCC3)nn2-c2ccccc2)c1. The topological polar surface area (TPSA) is 76.5 Å². The van der Waals surface area contributed by atoms with Crippen molar-refractivity contribution in [3.05, 3.63) is 71.9 Å². The average Bonchev–Trinajstić information content (AvgIpc) is 3.48. The summed E-state index contributed by atoms with van der Waals surface area (Å²) < 4.78 is 7.34. The van der Waals surface area contributed by atoms with Gasteiger partial charge in [0.1, 0.15) is 11.6 Å². The van der Waals surface area contributed by atoms with E-state index in [1.165, 1.54) is 17.7 Å². The van der Waals surface area contributed by atoms with E-state index in [9.17, 15) is 9.59 Å². The third-order valence-corrected chi connectivity index (χ3v) is 5.70. The molecule has 2 amide bonds. The molecule has 0 atom stereocenters. The molecule has 1 saturated carbocycles. The molecule has 2 aromatic carbocycles. The van der Waals surface area contributed by atoms with Crippen molar-refractivity contribution in [1.82, 2.24) is 14.7 Å². The zero-order chi connectivity index (χ0) is 22.5. The summed E-state index contributed by atoms with van der Waals surface area (Å²) in [7, 11) is 3.34. The highest BCUT2D eigenvalue weighted by Crippen LogP contribution is 2.35. The van der Waals surface area contributed by atoms with Gasteiger partial charge in [-0.05, 0) is 43.2 Å². The second-order valence-corrected chi connectivity index (χ2v) is 8.24. The number of rotatable bonds is 7. The van der Waals surface area contributed by atoms with E-state index in [4.69, 9.17) is 9.84 Å². The van der Waals surface area contributed by atoms with Gasteiger partial charge in [0.05, 0.1) is 11.4 Å². The third kappa shape index (κ3) is 4.99. The minimum Gasteiger partial charge on any atom is -0.484 e. The van der Waals surface area contributed by atoms with E-state index < -0.39 is 0 Å². The monoisotopic (exact) mass is 432 g/mol. The lowest BCUT2D eigenvalue weighted by Gasteiger charge is -2.12. The minimum absolute atomic E-state index is 0.0798. The normalized spacial score (nSPS) is 13.7. The number of aromatic nitrogens is 2. The van der Waals surface area contributed by atoms with Crippen molar-refractivity contribution >= 4 is 17.6 Å². The molecule has 1 N–H and O–H groups in total. The van der Waals surface area contributed by atoms with Gasteiger partial charge in [0.25, 0.3) is 11.8 Å². The second-order valence-electron chi connectivity index (χ2n) is 8.24. The number of amides is 2. The van der Waals surface area contributed by atoms with Gasteiger partial charge in [0, 0.05) is 31.6 Å². The van der Waals surface area contributed by atoms with Crippen molar-refractivity contribution in [1.29, 1.82) is 0 Å². The van der Waals surface area contributed by atoms with Gasteiger partial charge in [-0.3, -0.25) is 9.59 Å². The van der Waals surface area contributed by atoms with E-state index in [1.807, 2.05) is 36.4 Å². The molecule has 32 heavy (non-hydrogen) atoms. The van der Waals surface area contributed by atoms with Crippen LogP contribution in [0.4, 0.5) is 5.82 Å². The highest BCUT2D eigenvalue weighted by molar-refractivity contribution is 6.04. The number of ether oxygens (including phenoxy) is 1. The molecule has 0 aliphatic heterocycles. The average molecular weight is 433 g/mol. The number of anilines is 1. The molecular weight excluding hydrogens is 404 g/mol. The molecule has 0 radical (unpaired) electrons. The zero-order valence-corrected chi connectivity index (χ0v) is 18.5. The lowest BCUT2D eigenvalue weighted by molar-refractivity contribution is -0.130. The number of benzene rings is 2. The Kier molecular flexibility index (Phi) is 6.54. The number of hydrogen-bond acceptors (Lipinski definition) is 4. The molecule has 1 aliphatic carbocycles. The first-order valence-electron chi connectivity index (χ1n) is 10.9. The molecule has 0 saturated heterocycles. The summed E-state index contributed by atoms with van der Waals surface area (Å²) >= 11 is 0. The fourth-order valence-corrected chi connectivity index (χ4v) is 3.87. The van der Waals surface area contributed by atoms with Gasteiger partial charge in [0.15, 0.2) is 6.61 Å². The summed E-state index contributed by atoms with van der Waals surface area (Å²) in [5, 5.41) is 7.84. The maximum atomic E-state index is 13.0. The Bertz CT molecular complexity index is 1090. The molecular formula is C25H28N4O3. The quantitative estimate of drug-likeness (QED) is 0.606. The van der Waals surface area contributed by atoms with Gasteiger partial charge in [0.2, 0.25) is 0 Å². The molecule has 7 nitrogen and oxygen atoms in total. The Labute approximate surface area is 188 Å². The first kappa shape index (κ1) is 21.6. The zero-order valence-electron chi connectivity index (χ0n) is 18.5. The smallest absolute Gasteiger partial charge is 0.259 e. The molecule has 1 heterocycles. The van der Waals surface area contributed by atoms with Crippen molar-refractivity contribution in [2.75, 3.05) is 26.0 Å². The van der Waals surface area contributed by atoms with Gasteiger partial charge in [-0.1, -0.05) is 37.1 Å². The van der Waals surface area contributed by atoms with E-state index in [0.717, 1.165) is 24.2 Å². The number of para-hydroxylation sites is 1. The summed E-state index contributed by atoms with van der Waals surface area (Å²) in [5.41, 5.74) is 2.36. The molecule has 166 valence electrons. The van der Waals surface area contributed by atoms with Crippen LogP contribution in [-0.2, 0) is 4.79 Å². The molecule has 0 spiro atoms. The van der Waals surface area contributed by atoms with Crippen LogP contribution in [0, 0.1) is 0 Å². The Balaban J connectivity index is 1.55. The van der Waals surface area contributed by atoms with E-state index in [-0.39, 0.29) is 18.4 Å². The van der Waals surface area contributed by atoms with Crippen molar-refractivity contribution in [2.24, 2.45) is 0 Å². The lowest BCUT2D eigenvalue weighted by Crippen LogP contribution is -2.27. The van der Waals surface area contributed by atoms with Gasteiger partial charge in [-0.15, -0.1) is 0 Å². The maximum Gasteiger partial charge on any atom is 0.259 e. The van der Waals surface area contributed by atoms with Crippen LogP contribution in [0.15, 0.2) is 60.7 Å². The Morgan fingerprint density at radius 2 is 1.81 bits per heavy atom. The van der Waals surface area contributed by atoms with Crippen LogP contribution in [0.5, 0.6) is 5.75 Å². The van der Waals surface area contributed by atoms with Crippen LogP contribution < -0.4 is 10.1 Å². The molecule has 1 aliphatic rings. The minimum atomic E-state index is -0.260. The standard InChI is InChI=1S/C25H28N4O3/c1-28(2)24(30)17-32-21-14-8-11-19(15-21)25(31)26-23-16-22(18-9-6-7-10-18)27-29(23)20-12-4-3-5-13-20/h3-5,8,11-16,18H,6-7,9-10,17H2,1-2H3,(H,26,31). The second kappa shape index (κ2) is 9.68. The van der Waals surface area contributed by atoms with E-state index >= 15 is 0 Å². The highest BCUT2D eigenvalue weighted by Gasteiger charge is 2.23.